The van der Waals surface area contributed by atoms with Gasteiger partial charge in [0, 0.05) is 18.1 Å². The largest absolute Gasteiger partial charge is 0.263 e. The molecule has 0 aliphatic rings. The number of pyridine rings is 1. The van der Waals surface area contributed by atoms with Gasteiger partial charge in [-0.05, 0) is 11.6 Å². The summed E-state index contributed by atoms with van der Waals surface area (Å²) in [7, 11) is 0. The molecule has 0 aliphatic heterocycles. The summed E-state index contributed by atoms with van der Waals surface area (Å²) in [5.41, 5.74) is 1.02. The maximum absolute atomic E-state index is 5.71. The number of rotatable bonds is 1. The van der Waals surface area contributed by atoms with Crippen LogP contribution in [0.1, 0.15) is 5.56 Å². The molecule has 0 aliphatic carbocycles. The third-order valence-corrected chi connectivity index (χ3v) is 1.71. The molecule has 1 heterocycles. The molecule has 1 rings (SSSR count). The highest BCUT2D eigenvalue weighted by Gasteiger charge is 1.93. The molecule has 0 amide bonds. The van der Waals surface area contributed by atoms with Gasteiger partial charge in [-0.3, -0.25) is 4.98 Å². The molecular formula is C6H6ClNS. The maximum Gasteiger partial charge on any atom is 0.0629 e. The first-order valence-corrected chi connectivity index (χ1v) is 3.55. The second kappa shape index (κ2) is 3.08. The van der Waals surface area contributed by atoms with E-state index in [-0.39, 0.29) is 0 Å². The van der Waals surface area contributed by atoms with Gasteiger partial charge in [-0.1, -0.05) is 11.6 Å². The minimum atomic E-state index is 0.668. The summed E-state index contributed by atoms with van der Waals surface area (Å²) in [6.45, 7) is 0. The predicted molar refractivity (Wildman–Crippen MR) is 41.9 cm³/mol. The van der Waals surface area contributed by atoms with E-state index < -0.39 is 0 Å². The maximum atomic E-state index is 5.71. The summed E-state index contributed by atoms with van der Waals surface area (Å²) in [5, 5.41) is 0.688. The van der Waals surface area contributed by atoms with Crippen molar-refractivity contribution in [3.05, 3.63) is 29.0 Å². The molecule has 9 heavy (non-hydrogen) atoms. The molecule has 0 bridgehead atoms. The second-order valence-corrected chi connectivity index (χ2v) is 2.35. The summed E-state index contributed by atoms with van der Waals surface area (Å²) in [4.78, 5) is 3.83. The summed E-state index contributed by atoms with van der Waals surface area (Å²) in [6.07, 6.45) is 3.32. The zero-order chi connectivity index (χ0) is 6.69. The van der Waals surface area contributed by atoms with Crippen molar-refractivity contribution in [3.8, 4) is 0 Å². The Morgan fingerprint density at radius 3 is 2.89 bits per heavy atom. The van der Waals surface area contributed by atoms with Crippen LogP contribution < -0.4 is 0 Å². The van der Waals surface area contributed by atoms with Crippen LogP contribution >= 0.6 is 24.2 Å². The van der Waals surface area contributed by atoms with Gasteiger partial charge in [0.1, 0.15) is 0 Å². The lowest BCUT2D eigenvalue weighted by Crippen LogP contribution is -1.79. The van der Waals surface area contributed by atoms with Crippen molar-refractivity contribution in [1.29, 1.82) is 0 Å². The lowest BCUT2D eigenvalue weighted by Gasteiger charge is -1.95. The number of aromatic nitrogens is 1. The molecule has 0 saturated carbocycles. The molecular weight excluding hydrogens is 154 g/mol. The molecule has 0 N–H and O–H groups in total. The van der Waals surface area contributed by atoms with Gasteiger partial charge >= 0.3 is 0 Å². The van der Waals surface area contributed by atoms with Crippen molar-refractivity contribution in [2.75, 3.05) is 0 Å². The number of hydrogen-bond donors (Lipinski definition) is 1. The van der Waals surface area contributed by atoms with Crippen LogP contribution in [0, 0.1) is 0 Å². The van der Waals surface area contributed by atoms with Crippen molar-refractivity contribution in [1.82, 2.24) is 4.98 Å². The van der Waals surface area contributed by atoms with E-state index in [0.717, 1.165) is 5.56 Å². The van der Waals surface area contributed by atoms with Crippen molar-refractivity contribution < 1.29 is 0 Å². The number of nitrogens with zero attached hydrogens (tertiary/aromatic N) is 1. The molecule has 3 heteroatoms. The summed E-state index contributed by atoms with van der Waals surface area (Å²) < 4.78 is 0. The van der Waals surface area contributed by atoms with Gasteiger partial charge in [0.25, 0.3) is 0 Å². The normalized spacial score (nSPS) is 9.56. The van der Waals surface area contributed by atoms with Crippen LogP contribution in [0.15, 0.2) is 18.5 Å². The van der Waals surface area contributed by atoms with Gasteiger partial charge in [0.05, 0.1) is 5.02 Å². The van der Waals surface area contributed by atoms with Gasteiger partial charge in [-0.25, -0.2) is 0 Å². The molecule has 1 aromatic rings. The average molecular weight is 160 g/mol. The van der Waals surface area contributed by atoms with E-state index in [2.05, 4.69) is 17.6 Å². The average Bonchev–Trinajstić information content (AvgIpc) is 1.89. The molecule has 0 fully saturated rings. The monoisotopic (exact) mass is 159 g/mol. The third-order valence-electron chi connectivity index (χ3n) is 1.03. The Morgan fingerprint density at radius 1 is 1.67 bits per heavy atom. The zero-order valence-corrected chi connectivity index (χ0v) is 6.36. The highest BCUT2D eigenvalue weighted by Crippen LogP contribution is 2.14. The lowest BCUT2D eigenvalue weighted by atomic mass is 10.3. The number of thiol groups is 1. The molecule has 0 saturated heterocycles. The quantitative estimate of drug-likeness (QED) is 0.620. The molecule has 0 aromatic carbocycles. The molecule has 48 valence electrons. The van der Waals surface area contributed by atoms with E-state index >= 15 is 0 Å². The topological polar surface area (TPSA) is 12.9 Å². The fraction of sp³-hybridized carbons (Fsp3) is 0.167. The molecule has 1 nitrogen and oxygen atoms in total. The third kappa shape index (κ3) is 1.60. The lowest BCUT2D eigenvalue weighted by molar-refractivity contribution is 1.27. The molecule has 1 aromatic heterocycles. The van der Waals surface area contributed by atoms with E-state index in [1.807, 2.05) is 6.07 Å². The smallest absolute Gasteiger partial charge is 0.0629 e. The van der Waals surface area contributed by atoms with Gasteiger partial charge in [-0.2, -0.15) is 12.6 Å². The Balaban J connectivity index is 3.01. The highest BCUT2D eigenvalue weighted by atomic mass is 35.5. The second-order valence-electron chi connectivity index (χ2n) is 1.63. The summed E-state index contributed by atoms with van der Waals surface area (Å²) in [6, 6.07) is 1.86. The summed E-state index contributed by atoms with van der Waals surface area (Å²) >= 11 is 9.78. The number of halogens is 1. The first kappa shape index (κ1) is 6.90. The van der Waals surface area contributed by atoms with E-state index in [9.17, 15) is 0 Å². The van der Waals surface area contributed by atoms with Crippen molar-refractivity contribution in [3.63, 3.8) is 0 Å². The van der Waals surface area contributed by atoms with E-state index in [0.29, 0.717) is 10.8 Å². The van der Waals surface area contributed by atoms with Gasteiger partial charge in [0.15, 0.2) is 0 Å². The van der Waals surface area contributed by atoms with Crippen molar-refractivity contribution in [2.45, 2.75) is 5.75 Å². The van der Waals surface area contributed by atoms with Gasteiger partial charge in [-0.15, -0.1) is 0 Å². The standard InChI is InChI=1S/C6H6ClNS/c7-6-3-8-2-1-5(6)4-9/h1-3,9H,4H2. The molecule has 0 radical (unpaired) electrons. The highest BCUT2D eigenvalue weighted by molar-refractivity contribution is 7.79. The van der Waals surface area contributed by atoms with Crippen LogP contribution in [0.4, 0.5) is 0 Å². The van der Waals surface area contributed by atoms with Gasteiger partial charge < -0.3 is 0 Å². The Bertz CT molecular complexity index is 202. The molecule has 0 spiro atoms. The van der Waals surface area contributed by atoms with Crippen LogP contribution in [-0.4, -0.2) is 4.98 Å². The van der Waals surface area contributed by atoms with Crippen LogP contribution in [-0.2, 0) is 5.75 Å². The van der Waals surface area contributed by atoms with Crippen LogP contribution in [0.3, 0.4) is 0 Å². The van der Waals surface area contributed by atoms with Crippen LogP contribution in [0.2, 0.25) is 5.02 Å². The minimum absolute atomic E-state index is 0.668. The fourth-order valence-corrected chi connectivity index (χ4v) is 1.09. The Hall–Kier alpha value is -0.210. The van der Waals surface area contributed by atoms with Gasteiger partial charge in [0.2, 0.25) is 0 Å². The van der Waals surface area contributed by atoms with E-state index in [4.69, 9.17) is 11.6 Å². The van der Waals surface area contributed by atoms with Crippen molar-refractivity contribution in [2.24, 2.45) is 0 Å². The SMILES string of the molecule is SCc1ccncc1Cl. The predicted octanol–water partition coefficient (Wildman–Crippen LogP) is 2.16. The number of hydrogen-bond acceptors (Lipinski definition) is 2. The Morgan fingerprint density at radius 2 is 2.44 bits per heavy atom. The minimum Gasteiger partial charge on any atom is -0.263 e. The Labute approximate surface area is 64.5 Å². The van der Waals surface area contributed by atoms with Crippen LogP contribution in [0.25, 0.3) is 0 Å². The fourth-order valence-electron chi connectivity index (χ4n) is 0.532. The molecule has 0 unspecified atom stereocenters. The summed E-state index contributed by atoms with van der Waals surface area (Å²) in [5.74, 6) is 0.668. The molecule has 0 atom stereocenters. The van der Waals surface area contributed by atoms with Crippen LogP contribution in [0.5, 0.6) is 0 Å². The first-order valence-electron chi connectivity index (χ1n) is 2.54. The van der Waals surface area contributed by atoms with E-state index in [1.54, 1.807) is 12.4 Å². The Kier molecular flexibility index (Phi) is 2.37. The zero-order valence-electron chi connectivity index (χ0n) is 4.71. The van der Waals surface area contributed by atoms with Crippen molar-refractivity contribution >= 4 is 24.2 Å². The first-order chi connectivity index (χ1) is 4.34. The van der Waals surface area contributed by atoms with E-state index in [1.165, 1.54) is 0 Å².